The lowest BCUT2D eigenvalue weighted by Gasteiger charge is -2.49. The molecular weight excluding hydrogens is 342 g/mol. The first kappa shape index (κ1) is 20.1. The van der Waals surface area contributed by atoms with E-state index in [1.54, 1.807) is 7.11 Å². The molecule has 2 aliphatic heterocycles. The molecule has 0 radical (unpaired) electrons. The smallest absolute Gasteiger partial charge is 0.222 e. The van der Waals surface area contributed by atoms with Gasteiger partial charge in [0.2, 0.25) is 5.91 Å². The summed E-state index contributed by atoms with van der Waals surface area (Å²) in [6, 6.07) is 9.99. The van der Waals surface area contributed by atoms with Gasteiger partial charge in [-0.3, -0.25) is 14.6 Å². The summed E-state index contributed by atoms with van der Waals surface area (Å²) in [6.07, 6.45) is 2.58. The van der Waals surface area contributed by atoms with Crippen molar-refractivity contribution in [3.05, 3.63) is 30.3 Å². The first-order chi connectivity index (χ1) is 13.1. The molecule has 1 aromatic rings. The Labute approximate surface area is 163 Å². The lowest BCUT2D eigenvalue weighted by Crippen LogP contribution is -2.61. The molecule has 1 aromatic carbocycles. The Morgan fingerprint density at radius 1 is 1.04 bits per heavy atom. The summed E-state index contributed by atoms with van der Waals surface area (Å²) in [5.74, 6) is 1.19. The lowest BCUT2D eigenvalue weighted by molar-refractivity contribution is -0.131. The molecule has 0 aromatic heterocycles. The average molecular weight is 376 g/mol. The fourth-order valence-corrected chi connectivity index (χ4v) is 4.21. The molecule has 1 atom stereocenters. The molecule has 3 rings (SSSR count). The van der Waals surface area contributed by atoms with Gasteiger partial charge in [-0.2, -0.15) is 0 Å². The topological polar surface area (TPSA) is 45.3 Å². The van der Waals surface area contributed by atoms with Crippen molar-refractivity contribution in [3.8, 4) is 5.75 Å². The van der Waals surface area contributed by atoms with Crippen LogP contribution < -0.4 is 4.74 Å². The van der Waals surface area contributed by atoms with Crippen LogP contribution in [0.25, 0.3) is 0 Å². The van der Waals surface area contributed by atoms with Crippen LogP contribution in [0.15, 0.2) is 30.3 Å². The Bertz CT molecular complexity index is 598. The normalized spacial score (nSPS) is 25.0. The van der Waals surface area contributed by atoms with E-state index in [1.165, 1.54) is 0 Å². The van der Waals surface area contributed by atoms with E-state index in [2.05, 4.69) is 16.8 Å². The third-order valence-corrected chi connectivity index (χ3v) is 6.07. The molecule has 0 bridgehead atoms. The van der Waals surface area contributed by atoms with Gasteiger partial charge in [0, 0.05) is 58.3 Å². The Hall–Kier alpha value is -1.63. The predicted octanol–water partition coefficient (Wildman–Crippen LogP) is 1.71. The van der Waals surface area contributed by atoms with Gasteiger partial charge in [-0.15, -0.1) is 0 Å². The maximum Gasteiger partial charge on any atom is 0.222 e. The number of hydrogen-bond donors (Lipinski definition) is 0. The molecule has 6 heteroatoms. The van der Waals surface area contributed by atoms with Gasteiger partial charge < -0.3 is 14.4 Å². The largest absolute Gasteiger partial charge is 0.492 e. The summed E-state index contributed by atoms with van der Waals surface area (Å²) in [4.78, 5) is 19.4. The number of carbonyl (C=O) groups is 1. The van der Waals surface area contributed by atoms with E-state index in [9.17, 15) is 4.79 Å². The number of likely N-dealkylation sites (tertiary alicyclic amines) is 1. The van der Waals surface area contributed by atoms with Crippen LogP contribution in [0.5, 0.6) is 5.75 Å². The first-order valence-corrected chi connectivity index (χ1v) is 10.0. The quantitative estimate of drug-likeness (QED) is 0.726. The van der Waals surface area contributed by atoms with E-state index in [0.717, 1.165) is 51.3 Å². The highest BCUT2D eigenvalue weighted by Gasteiger charge is 2.42. The number of methoxy groups -OCH3 is 1. The van der Waals surface area contributed by atoms with E-state index in [1.807, 2.05) is 35.2 Å². The van der Waals surface area contributed by atoms with E-state index >= 15 is 0 Å². The summed E-state index contributed by atoms with van der Waals surface area (Å²) >= 11 is 0. The summed E-state index contributed by atoms with van der Waals surface area (Å²) in [5, 5.41) is 0. The van der Waals surface area contributed by atoms with Crippen LogP contribution in [0.1, 0.15) is 19.3 Å². The minimum Gasteiger partial charge on any atom is -0.492 e. The summed E-state index contributed by atoms with van der Waals surface area (Å²) in [5.41, 5.74) is 0.0858. The van der Waals surface area contributed by atoms with Crippen molar-refractivity contribution in [2.45, 2.75) is 24.8 Å². The van der Waals surface area contributed by atoms with Crippen LogP contribution in [0.3, 0.4) is 0 Å². The summed E-state index contributed by atoms with van der Waals surface area (Å²) < 4.78 is 11.0. The van der Waals surface area contributed by atoms with Crippen LogP contribution in [0, 0.1) is 0 Å². The molecule has 1 spiro atoms. The molecule has 2 aliphatic rings. The van der Waals surface area contributed by atoms with Crippen molar-refractivity contribution < 1.29 is 14.3 Å². The van der Waals surface area contributed by atoms with E-state index in [-0.39, 0.29) is 11.4 Å². The van der Waals surface area contributed by atoms with Crippen molar-refractivity contribution in [2.24, 2.45) is 0 Å². The van der Waals surface area contributed by atoms with Crippen molar-refractivity contribution in [1.29, 1.82) is 0 Å². The number of likely N-dealkylation sites (N-methyl/N-ethyl adjacent to an activating group) is 1. The third-order valence-electron chi connectivity index (χ3n) is 6.07. The number of amides is 1. The van der Waals surface area contributed by atoms with Crippen LogP contribution in [-0.4, -0.2) is 92.8 Å². The SMILES string of the molecule is COCCN1CC[C@@]2(CCC1=O)CN(CCOc1ccccc1)CCN2C. The van der Waals surface area contributed by atoms with Crippen molar-refractivity contribution in [2.75, 3.05) is 66.6 Å². The molecule has 0 saturated carbocycles. The van der Waals surface area contributed by atoms with Gasteiger partial charge in [0.25, 0.3) is 0 Å². The maximum atomic E-state index is 12.5. The van der Waals surface area contributed by atoms with Gasteiger partial charge in [0.05, 0.1) is 6.61 Å². The highest BCUT2D eigenvalue weighted by molar-refractivity contribution is 5.76. The van der Waals surface area contributed by atoms with Gasteiger partial charge in [-0.05, 0) is 32.0 Å². The third kappa shape index (κ3) is 5.21. The molecule has 1 amide bonds. The molecule has 2 fully saturated rings. The zero-order valence-electron chi connectivity index (χ0n) is 16.7. The standard InChI is InChI=1S/C21H33N3O3/c1-22-12-13-23(14-17-27-19-6-4-3-5-7-19)18-21(22)9-8-20(25)24(11-10-21)15-16-26-2/h3-7H,8-18H2,1-2H3/t21-/m0/s1. The zero-order valence-corrected chi connectivity index (χ0v) is 16.7. The monoisotopic (exact) mass is 375 g/mol. The second kappa shape index (κ2) is 9.53. The number of para-hydroxylation sites is 1. The minimum atomic E-state index is 0.0858. The lowest BCUT2D eigenvalue weighted by atomic mass is 9.86. The molecule has 0 N–H and O–H groups in total. The minimum absolute atomic E-state index is 0.0858. The first-order valence-electron chi connectivity index (χ1n) is 10.0. The Kier molecular flexibility index (Phi) is 7.10. The van der Waals surface area contributed by atoms with Crippen LogP contribution >= 0.6 is 0 Å². The Morgan fingerprint density at radius 3 is 2.63 bits per heavy atom. The number of piperazine rings is 1. The molecule has 2 heterocycles. The van der Waals surface area contributed by atoms with E-state index in [0.29, 0.717) is 26.2 Å². The number of rotatable bonds is 7. The number of ether oxygens (including phenoxy) is 2. The second-order valence-electron chi connectivity index (χ2n) is 7.71. The van der Waals surface area contributed by atoms with Crippen LogP contribution in [0.2, 0.25) is 0 Å². The fourth-order valence-electron chi connectivity index (χ4n) is 4.21. The van der Waals surface area contributed by atoms with E-state index < -0.39 is 0 Å². The summed E-state index contributed by atoms with van der Waals surface area (Å²) in [7, 11) is 3.90. The average Bonchev–Trinajstić information content (AvgIpc) is 2.84. The molecule has 0 aliphatic carbocycles. The number of nitrogens with zero attached hydrogens (tertiary/aromatic N) is 3. The highest BCUT2D eigenvalue weighted by Crippen LogP contribution is 2.32. The second-order valence-corrected chi connectivity index (χ2v) is 7.71. The van der Waals surface area contributed by atoms with Gasteiger partial charge in [-0.1, -0.05) is 18.2 Å². The molecule has 0 unspecified atom stereocenters. The maximum absolute atomic E-state index is 12.5. The predicted molar refractivity (Wildman–Crippen MR) is 106 cm³/mol. The van der Waals surface area contributed by atoms with Crippen molar-refractivity contribution >= 4 is 5.91 Å². The molecular formula is C21H33N3O3. The van der Waals surface area contributed by atoms with Gasteiger partial charge in [-0.25, -0.2) is 0 Å². The van der Waals surface area contributed by atoms with Gasteiger partial charge in [0.15, 0.2) is 0 Å². The molecule has 27 heavy (non-hydrogen) atoms. The number of hydrogen-bond acceptors (Lipinski definition) is 5. The van der Waals surface area contributed by atoms with Crippen molar-refractivity contribution in [1.82, 2.24) is 14.7 Å². The molecule has 2 saturated heterocycles. The number of carbonyl (C=O) groups excluding carboxylic acids is 1. The molecule has 150 valence electrons. The van der Waals surface area contributed by atoms with Crippen LogP contribution in [0.4, 0.5) is 0 Å². The van der Waals surface area contributed by atoms with Crippen molar-refractivity contribution in [3.63, 3.8) is 0 Å². The Morgan fingerprint density at radius 2 is 1.85 bits per heavy atom. The fraction of sp³-hybridized carbons (Fsp3) is 0.667. The Balaban J connectivity index is 1.55. The molecule has 6 nitrogen and oxygen atoms in total. The number of benzene rings is 1. The van der Waals surface area contributed by atoms with Crippen LogP contribution in [-0.2, 0) is 9.53 Å². The van der Waals surface area contributed by atoms with E-state index in [4.69, 9.17) is 9.47 Å². The van der Waals surface area contributed by atoms with Gasteiger partial charge in [0.1, 0.15) is 12.4 Å². The van der Waals surface area contributed by atoms with Gasteiger partial charge >= 0.3 is 0 Å². The zero-order chi connectivity index (χ0) is 19.1. The summed E-state index contributed by atoms with van der Waals surface area (Å²) in [6.45, 7) is 6.85. The highest BCUT2D eigenvalue weighted by atomic mass is 16.5.